The highest BCUT2D eigenvalue weighted by Gasteiger charge is 2.32. The Morgan fingerprint density at radius 2 is 1.46 bits per heavy atom. The second kappa shape index (κ2) is 18.2. The van der Waals surface area contributed by atoms with E-state index in [1.165, 1.54) is 0 Å². The smallest absolute Gasteiger partial charge is 0.336 e. The fourth-order valence-electron chi connectivity index (χ4n) is 5.03. The van der Waals surface area contributed by atoms with Gasteiger partial charge in [0.15, 0.2) is 12.2 Å². The van der Waals surface area contributed by atoms with Crippen LogP contribution in [-0.2, 0) is 20.7 Å². The highest BCUT2D eigenvalue weighted by molar-refractivity contribution is 6.30. The van der Waals surface area contributed by atoms with Gasteiger partial charge >= 0.3 is 11.9 Å². The molecule has 0 spiro atoms. The van der Waals surface area contributed by atoms with E-state index in [4.69, 9.17) is 35.9 Å². The summed E-state index contributed by atoms with van der Waals surface area (Å²) in [6, 6.07) is 22.6. The maximum Gasteiger partial charge on any atom is 0.336 e. The van der Waals surface area contributed by atoms with E-state index in [9.17, 15) is 19.8 Å². The van der Waals surface area contributed by atoms with Crippen LogP contribution in [0.2, 0.25) is 5.02 Å². The monoisotopic (exact) mass is 679 g/mol. The predicted octanol–water partition coefficient (Wildman–Crippen LogP) is 6.33. The summed E-state index contributed by atoms with van der Waals surface area (Å²) in [5.74, 6) is -0.307. The number of aliphatic carboxylic acids is 2. The average Bonchev–Trinajstić information content (AvgIpc) is 3.51. The maximum absolute atomic E-state index is 11.4. The lowest BCUT2D eigenvalue weighted by Crippen LogP contribution is -2.41. The van der Waals surface area contributed by atoms with Crippen LogP contribution < -0.4 is 9.47 Å². The summed E-state index contributed by atoms with van der Waals surface area (Å²) in [7, 11) is 0. The molecule has 4 aromatic rings. The minimum atomic E-state index is -2.15. The van der Waals surface area contributed by atoms with Crippen molar-refractivity contribution in [3.05, 3.63) is 89.8 Å². The Kier molecular flexibility index (Phi) is 13.8. The second-order valence-electron chi connectivity index (χ2n) is 11.1. The van der Waals surface area contributed by atoms with Crippen LogP contribution in [0.3, 0.4) is 0 Å². The van der Waals surface area contributed by atoms with E-state index in [1.54, 1.807) is 24.3 Å². The number of imidazole rings is 1. The Morgan fingerprint density at radius 3 is 2.06 bits per heavy atom. The fraction of sp³-hybridized carbons (Fsp3) is 0.361. The Morgan fingerprint density at radius 1 is 0.833 bits per heavy atom. The molecule has 1 heterocycles. The number of hydrogen-bond donors (Lipinski definition) is 3. The van der Waals surface area contributed by atoms with Crippen molar-refractivity contribution >= 4 is 23.5 Å². The Hall–Kier alpha value is -4.42. The minimum Gasteiger partial charge on any atom is -0.494 e. The van der Waals surface area contributed by atoms with Gasteiger partial charge in [0, 0.05) is 42.0 Å². The van der Waals surface area contributed by atoms with Crippen LogP contribution >= 0.6 is 11.6 Å². The van der Waals surface area contributed by atoms with Crippen molar-refractivity contribution in [3.63, 3.8) is 0 Å². The van der Waals surface area contributed by atoms with Crippen molar-refractivity contribution in [2.75, 3.05) is 32.8 Å². The van der Waals surface area contributed by atoms with Crippen LogP contribution in [0.25, 0.3) is 16.9 Å². The third kappa shape index (κ3) is 10.5. The summed E-state index contributed by atoms with van der Waals surface area (Å²) in [6.07, 6.45) is 0.433. The number of carbonyl (C=O) groups is 2. The molecule has 2 unspecified atom stereocenters. The average molecular weight is 680 g/mol. The summed E-state index contributed by atoms with van der Waals surface area (Å²) in [4.78, 5) is 29.7. The van der Waals surface area contributed by atoms with E-state index in [-0.39, 0.29) is 6.61 Å². The number of aliphatic hydroxyl groups excluding tert-OH is 1. The van der Waals surface area contributed by atoms with Gasteiger partial charge in [0.25, 0.3) is 0 Å². The summed E-state index contributed by atoms with van der Waals surface area (Å²) in [6.45, 7) is 7.96. The minimum absolute atomic E-state index is 0.0397. The fourth-order valence-corrected chi connectivity index (χ4v) is 5.16. The van der Waals surface area contributed by atoms with Gasteiger partial charge in [-0.3, -0.25) is 0 Å². The maximum atomic E-state index is 11.4. The number of hydrogen-bond acceptors (Lipinski definition) is 8. The normalized spacial score (nSPS) is 12.5. The van der Waals surface area contributed by atoms with E-state index in [0.717, 1.165) is 54.6 Å². The topological polar surface area (TPSA) is 144 Å². The summed E-state index contributed by atoms with van der Waals surface area (Å²) in [5.41, 5.74) is 2.56. The molecule has 0 radical (unpaired) electrons. The lowest BCUT2D eigenvalue weighted by atomic mass is 10.1. The van der Waals surface area contributed by atoms with Gasteiger partial charge in [0.2, 0.25) is 0 Å². The molecule has 0 aliphatic heterocycles. The van der Waals surface area contributed by atoms with E-state index in [2.05, 4.69) is 18.7 Å². The number of unbranched alkanes of at least 4 members (excludes halogenated alkanes) is 1. The molecule has 0 saturated carbocycles. The van der Waals surface area contributed by atoms with Crippen molar-refractivity contribution in [2.24, 2.45) is 0 Å². The molecule has 0 aliphatic rings. The third-order valence-electron chi connectivity index (χ3n) is 7.75. The number of aliphatic hydroxyl groups is 1. The predicted molar refractivity (Wildman–Crippen MR) is 182 cm³/mol. The molecule has 0 bridgehead atoms. The van der Waals surface area contributed by atoms with Gasteiger partial charge < -0.3 is 39.0 Å². The molecule has 48 heavy (non-hydrogen) atoms. The largest absolute Gasteiger partial charge is 0.494 e. The van der Waals surface area contributed by atoms with Crippen molar-refractivity contribution < 1.29 is 39.1 Å². The molecule has 4 rings (SSSR count). The molecule has 0 amide bonds. The first-order valence-electron chi connectivity index (χ1n) is 16.0. The van der Waals surface area contributed by atoms with Crippen LogP contribution in [-0.4, -0.2) is 86.8 Å². The zero-order valence-electron chi connectivity index (χ0n) is 27.1. The molecule has 3 aromatic carbocycles. The highest BCUT2D eigenvalue weighted by Crippen LogP contribution is 2.28. The van der Waals surface area contributed by atoms with Gasteiger partial charge in [0.1, 0.15) is 23.1 Å². The zero-order valence-corrected chi connectivity index (χ0v) is 27.9. The first-order valence-corrected chi connectivity index (χ1v) is 16.4. The molecule has 0 fully saturated rings. The number of aromatic nitrogens is 2. The van der Waals surface area contributed by atoms with Crippen LogP contribution in [0.15, 0.2) is 79.0 Å². The number of rotatable bonds is 20. The lowest BCUT2D eigenvalue weighted by Gasteiger charge is -2.17. The third-order valence-corrected chi connectivity index (χ3v) is 8.00. The van der Waals surface area contributed by atoms with Crippen molar-refractivity contribution in [1.82, 2.24) is 14.5 Å². The molecule has 256 valence electrons. The van der Waals surface area contributed by atoms with Crippen LogP contribution in [0.4, 0.5) is 0 Å². The highest BCUT2D eigenvalue weighted by atomic mass is 35.5. The quantitative estimate of drug-likeness (QED) is 0.0906. The molecule has 2 atom stereocenters. The van der Waals surface area contributed by atoms with Crippen LogP contribution in [0.5, 0.6) is 17.2 Å². The van der Waals surface area contributed by atoms with E-state index in [1.807, 2.05) is 59.3 Å². The van der Waals surface area contributed by atoms with Crippen LogP contribution in [0, 0.1) is 0 Å². The standard InChI is InChI=1S/C36H42ClN3O8/c1-3-39(4-2)21-7-23-46-28-15-9-25(10-16-28)31-24-40(27-13-19-30(20-14-27)48-29-17-11-26(37)12-18-29)32(38-31)8-5-6-22-47-34(36(44)45)33(41)35(42)43/h9-20,24,33-34,41H,3-8,21-23H2,1-2H3,(H,42,43)(H,44,45). The first kappa shape index (κ1) is 36.4. The zero-order chi connectivity index (χ0) is 34.5. The van der Waals surface area contributed by atoms with Gasteiger partial charge in [-0.15, -0.1) is 0 Å². The van der Waals surface area contributed by atoms with E-state index < -0.39 is 24.1 Å². The second-order valence-corrected chi connectivity index (χ2v) is 11.5. The van der Waals surface area contributed by atoms with E-state index >= 15 is 0 Å². The summed E-state index contributed by atoms with van der Waals surface area (Å²) < 4.78 is 19.1. The Bertz CT molecular complexity index is 1590. The van der Waals surface area contributed by atoms with Gasteiger partial charge in [-0.2, -0.15) is 0 Å². The summed E-state index contributed by atoms with van der Waals surface area (Å²) in [5, 5.41) is 28.5. The van der Waals surface area contributed by atoms with Crippen molar-refractivity contribution in [1.29, 1.82) is 0 Å². The number of nitrogens with zero attached hydrogens (tertiary/aromatic N) is 3. The van der Waals surface area contributed by atoms with Gasteiger partial charge in [-0.1, -0.05) is 25.4 Å². The molecule has 11 nitrogen and oxygen atoms in total. The molecule has 0 aliphatic carbocycles. The number of carboxylic acid groups (broad SMARTS) is 2. The molecule has 12 heteroatoms. The SMILES string of the molecule is CCN(CC)CCCOc1ccc(-c2cn(-c3ccc(Oc4ccc(Cl)cc4)cc3)c(CCCCOC(C(=O)O)C(O)C(=O)O)n2)cc1. The number of aryl methyl sites for hydroxylation is 1. The number of halogens is 1. The molecule has 3 N–H and O–H groups in total. The summed E-state index contributed by atoms with van der Waals surface area (Å²) >= 11 is 5.99. The molecular weight excluding hydrogens is 638 g/mol. The van der Waals surface area contributed by atoms with Gasteiger partial charge in [-0.05, 0) is 105 Å². The number of benzene rings is 3. The Labute approximate surface area is 285 Å². The number of carboxylic acids is 2. The molecular formula is C36H42ClN3O8. The molecule has 1 aromatic heterocycles. The van der Waals surface area contributed by atoms with Gasteiger partial charge in [-0.25, -0.2) is 14.6 Å². The first-order chi connectivity index (χ1) is 23.2. The lowest BCUT2D eigenvalue weighted by molar-refractivity contribution is -0.171. The van der Waals surface area contributed by atoms with E-state index in [0.29, 0.717) is 42.4 Å². The molecule has 0 saturated heterocycles. The van der Waals surface area contributed by atoms with Crippen LogP contribution in [0.1, 0.15) is 38.9 Å². The van der Waals surface area contributed by atoms with Crippen molar-refractivity contribution in [2.45, 2.75) is 51.7 Å². The Balaban J connectivity index is 1.46. The van der Waals surface area contributed by atoms with Gasteiger partial charge in [0.05, 0.1) is 12.3 Å². The van der Waals surface area contributed by atoms with Crippen molar-refractivity contribution in [3.8, 4) is 34.2 Å². The number of ether oxygens (including phenoxy) is 3.